The molecule has 0 aromatic heterocycles. The third-order valence-corrected chi connectivity index (χ3v) is 1.90. The summed E-state index contributed by atoms with van der Waals surface area (Å²) < 4.78 is 25.3. The van der Waals surface area contributed by atoms with Crippen LogP contribution in [-0.4, -0.2) is 7.11 Å². The first-order valence-corrected chi connectivity index (χ1v) is 3.70. The molecule has 7 heavy (non-hydrogen) atoms. The van der Waals surface area contributed by atoms with Gasteiger partial charge >= 0.3 is 0 Å². The molecule has 0 fully saturated rings. The lowest BCUT2D eigenvalue weighted by Gasteiger charge is -1.92. The number of rotatable bonds is 3. The van der Waals surface area contributed by atoms with Crippen LogP contribution in [0.2, 0.25) is 0 Å². The fourth-order valence-corrected chi connectivity index (χ4v) is 0.806. The molecule has 0 aromatic rings. The summed E-state index contributed by atoms with van der Waals surface area (Å²) in [6.45, 7) is 0. The minimum atomic E-state index is -2.24. The van der Waals surface area contributed by atoms with Crippen molar-refractivity contribution in [2.45, 2.75) is 0 Å². The number of nitrogens with one attached hydrogen (secondary N) is 1. The van der Waals surface area contributed by atoms with E-state index in [0.717, 1.165) is 0 Å². The van der Waals surface area contributed by atoms with Crippen LogP contribution in [0.25, 0.3) is 0 Å². The fourth-order valence-electron chi connectivity index (χ4n) is 0.0896. The monoisotopic (exact) mass is 145 g/mol. The molecule has 2 unspecified atom stereocenters. The third-order valence-electron chi connectivity index (χ3n) is 0.335. The summed E-state index contributed by atoms with van der Waals surface area (Å²) in [6.07, 6.45) is 0. The Hall–Kier alpha value is 0.510. The lowest BCUT2D eigenvalue weighted by molar-refractivity contribution is 0.412. The highest BCUT2D eigenvalue weighted by Gasteiger charge is 1.88. The zero-order valence-electron chi connectivity index (χ0n) is 3.69. The zero-order valence-corrected chi connectivity index (χ0v) is 5.69. The van der Waals surface area contributed by atoms with Gasteiger partial charge in [-0.05, 0) is 0 Å². The highest BCUT2D eigenvalue weighted by atomic mass is 31.2. The minimum Gasteiger partial charge on any atom is -0.323 e. The lowest BCUT2D eigenvalue weighted by Crippen LogP contribution is -1.82. The van der Waals surface area contributed by atoms with E-state index in [-0.39, 0.29) is 0 Å². The van der Waals surface area contributed by atoms with Crippen molar-refractivity contribution in [1.29, 1.82) is 0 Å². The van der Waals surface area contributed by atoms with Gasteiger partial charge in [0.05, 0.1) is 0 Å². The molecule has 44 valence electrons. The van der Waals surface area contributed by atoms with E-state index in [1.807, 2.05) is 4.86 Å². The van der Waals surface area contributed by atoms with Crippen LogP contribution in [0.4, 0.5) is 4.20 Å². The Kier molecular flexibility index (Phi) is 5.00. The van der Waals surface area contributed by atoms with Crippen LogP contribution in [0.5, 0.6) is 0 Å². The average molecular weight is 145 g/mol. The van der Waals surface area contributed by atoms with Crippen LogP contribution >= 0.6 is 17.2 Å². The molecule has 3 nitrogen and oxygen atoms in total. The maximum Gasteiger partial charge on any atom is 0.263 e. The van der Waals surface area contributed by atoms with Crippen LogP contribution in [0.3, 0.4) is 0 Å². The molecule has 0 bridgehead atoms. The van der Waals surface area contributed by atoms with Crippen molar-refractivity contribution in [3.05, 3.63) is 0 Å². The van der Waals surface area contributed by atoms with Crippen molar-refractivity contribution in [3.63, 3.8) is 0 Å². The van der Waals surface area contributed by atoms with Gasteiger partial charge < -0.3 is 4.52 Å². The highest BCUT2D eigenvalue weighted by molar-refractivity contribution is 7.50. The maximum atomic E-state index is 11.1. The third kappa shape index (κ3) is 4.36. The standard InChI is InChI=1S/CH6FNO2P2/c1-5-7(4)3-6-2/h6-7H,1H3,(H,3,4). The van der Waals surface area contributed by atoms with Crippen molar-refractivity contribution >= 4 is 17.2 Å². The van der Waals surface area contributed by atoms with Gasteiger partial charge in [-0.1, -0.05) is 0 Å². The number of hydrogen-bond acceptors (Lipinski definition) is 2. The molecule has 0 rings (SSSR count). The zero-order chi connectivity index (χ0) is 5.70. The fraction of sp³-hybridized carbons (Fsp3) is 1.00. The summed E-state index contributed by atoms with van der Waals surface area (Å²) in [7, 11) is -1.98. The van der Waals surface area contributed by atoms with Gasteiger partial charge in [0, 0.05) is 7.11 Å². The van der Waals surface area contributed by atoms with E-state index in [1.54, 1.807) is 0 Å². The summed E-state index contributed by atoms with van der Waals surface area (Å²) in [4.78, 5) is 1.98. The van der Waals surface area contributed by atoms with E-state index >= 15 is 0 Å². The molecule has 0 spiro atoms. The predicted octanol–water partition coefficient (Wildman–Crippen LogP) is 1.09. The van der Waals surface area contributed by atoms with E-state index in [2.05, 4.69) is 4.52 Å². The van der Waals surface area contributed by atoms with E-state index in [9.17, 15) is 8.76 Å². The molecule has 0 saturated heterocycles. The van der Waals surface area contributed by atoms with E-state index in [1.165, 1.54) is 7.11 Å². The first-order valence-electron chi connectivity index (χ1n) is 1.51. The SMILES string of the molecule is CO[PH](=O)NPF. The Morgan fingerprint density at radius 2 is 2.57 bits per heavy atom. The second kappa shape index (κ2) is 4.66. The molecule has 1 N–H and O–H groups in total. The molecule has 0 amide bonds. The quantitative estimate of drug-likeness (QED) is 0.604. The molecule has 0 radical (unpaired) electrons. The highest BCUT2D eigenvalue weighted by Crippen LogP contribution is 2.22. The van der Waals surface area contributed by atoms with Crippen molar-refractivity contribution in [1.82, 2.24) is 4.86 Å². The minimum absolute atomic E-state index is 0.997. The molecular formula is CH6FNO2P2. The number of hydrogen-bond donors (Lipinski definition) is 1. The number of halogens is 1. The average Bonchev–Trinajstić information content (AvgIpc) is 1.68. The van der Waals surface area contributed by atoms with Gasteiger partial charge in [-0.25, -0.2) is 9.05 Å². The van der Waals surface area contributed by atoms with E-state index < -0.39 is 17.2 Å². The van der Waals surface area contributed by atoms with E-state index in [0.29, 0.717) is 0 Å². The smallest absolute Gasteiger partial charge is 0.263 e. The van der Waals surface area contributed by atoms with Gasteiger partial charge in [0.1, 0.15) is 9.04 Å². The molecule has 0 heterocycles. The molecule has 0 saturated carbocycles. The Labute approximate surface area is 43.5 Å². The van der Waals surface area contributed by atoms with Crippen molar-refractivity contribution in [2.24, 2.45) is 0 Å². The molecule has 0 aliphatic heterocycles. The van der Waals surface area contributed by atoms with Crippen LogP contribution in [-0.2, 0) is 9.09 Å². The predicted molar refractivity (Wildman–Crippen MR) is 28.6 cm³/mol. The van der Waals surface area contributed by atoms with Crippen LogP contribution in [0.15, 0.2) is 0 Å². The van der Waals surface area contributed by atoms with Crippen molar-refractivity contribution in [2.75, 3.05) is 7.11 Å². The summed E-state index contributed by atoms with van der Waals surface area (Å²) in [5.74, 6) is 0. The first kappa shape index (κ1) is 7.51. The van der Waals surface area contributed by atoms with Crippen LogP contribution < -0.4 is 4.86 Å². The van der Waals surface area contributed by atoms with Crippen molar-refractivity contribution < 1.29 is 13.3 Å². The largest absolute Gasteiger partial charge is 0.323 e. The Balaban J connectivity index is 3.00. The first-order chi connectivity index (χ1) is 3.31. The van der Waals surface area contributed by atoms with Gasteiger partial charge in [-0.15, -0.1) is 0 Å². The Morgan fingerprint density at radius 1 is 2.00 bits per heavy atom. The Bertz CT molecular complexity index is 68.7. The Morgan fingerprint density at radius 3 is 2.71 bits per heavy atom. The van der Waals surface area contributed by atoms with E-state index in [4.69, 9.17) is 0 Å². The maximum absolute atomic E-state index is 11.1. The molecule has 6 heteroatoms. The molecule has 0 aliphatic carbocycles. The molecule has 0 aromatic carbocycles. The van der Waals surface area contributed by atoms with Gasteiger partial charge in [-0.2, -0.15) is 0 Å². The summed E-state index contributed by atoms with van der Waals surface area (Å²) >= 11 is 0. The van der Waals surface area contributed by atoms with Gasteiger partial charge in [0.2, 0.25) is 0 Å². The molecule has 2 atom stereocenters. The summed E-state index contributed by atoms with van der Waals surface area (Å²) in [5, 5.41) is 0. The van der Waals surface area contributed by atoms with Gasteiger partial charge in [-0.3, -0.25) is 4.57 Å². The van der Waals surface area contributed by atoms with Gasteiger partial charge in [0.15, 0.2) is 0 Å². The summed E-state index contributed by atoms with van der Waals surface area (Å²) in [5.41, 5.74) is 0. The normalized spacial score (nSPS) is 15.7. The van der Waals surface area contributed by atoms with Crippen LogP contribution in [0, 0.1) is 0 Å². The topological polar surface area (TPSA) is 38.3 Å². The van der Waals surface area contributed by atoms with Crippen molar-refractivity contribution in [3.8, 4) is 0 Å². The second-order valence-electron chi connectivity index (χ2n) is 0.711. The van der Waals surface area contributed by atoms with Crippen LogP contribution in [0.1, 0.15) is 0 Å². The lowest BCUT2D eigenvalue weighted by atomic mass is 11.8. The molecular weight excluding hydrogens is 139 g/mol. The molecule has 0 aliphatic rings. The van der Waals surface area contributed by atoms with Gasteiger partial charge in [0.25, 0.3) is 8.18 Å². The summed E-state index contributed by atoms with van der Waals surface area (Å²) in [6, 6.07) is 0. The second-order valence-corrected chi connectivity index (χ2v) is 2.88.